The highest BCUT2D eigenvalue weighted by Crippen LogP contribution is 2.39. The first-order chi connectivity index (χ1) is 5.61. The molecule has 1 aliphatic rings. The molecule has 0 radical (unpaired) electrons. The van der Waals surface area contributed by atoms with Gasteiger partial charge in [-0.15, -0.1) is 0 Å². The Kier molecular flexibility index (Phi) is 1.55. The molecule has 1 aromatic rings. The van der Waals surface area contributed by atoms with E-state index < -0.39 is 0 Å². The smallest absolute Gasteiger partial charge is 0.134 e. The van der Waals surface area contributed by atoms with Gasteiger partial charge in [0.2, 0.25) is 0 Å². The topological polar surface area (TPSA) is 24.9 Å². The fourth-order valence-electron chi connectivity index (χ4n) is 1.63. The van der Waals surface area contributed by atoms with E-state index in [1.807, 2.05) is 6.07 Å². The molecule has 0 bridgehead atoms. The molecule has 1 aliphatic heterocycles. The van der Waals surface area contributed by atoms with Gasteiger partial charge in [0.1, 0.15) is 5.15 Å². The SMILES string of the molecule is CC1(C)CNc2ccnc(Cl)c21. The van der Waals surface area contributed by atoms with Gasteiger partial charge in [0.25, 0.3) is 0 Å². The maximum atomic E-state index is 6.00. The highest BCUT2D eigenvalue weighted by molar-refractivity contribution is 6.30. The minimum absolute atomic E-state index is 0.112. The number of nitrogens with one attached hydrogen (secondary N) is 1. The molecule has 3 heteroatoms. The van der Waals surface area contributed by atoms with E-state index in [4.69, 9.17) is 11.6 Å². The van der Waals surface area contributed by atoms with Crippen LogP contribution in [0.3, 0.4) is 0 Å². The van der Waals surface area contributed by atoms with E-state index >= 15 is 0 Å². The number of hydrogen-bond donors (Lipinski definition) is 1. The molecule has 0 aliphatic carbocycles. The number of nitrogens with zero attached hydrogens (tertiary/aromatic N) is 1. The van der Waals surface area contributed by atoms with Crippen molar-refractivity contribution in [3.8, 4) is 0 Å². The van der Waals surface area contributed by atoms with Crippen LogP contribution in [0.25, 0.3) is 0 Å². The molecule has 2 nitrogen and oxygen atoms in total. The van der Waals surface area contributed by atoms with E-state index in [1.54, 1.807) is 6.20 Å². The lowest BCUT2D eigenvalue weighted by molar-refractivity contribution is 0.584. The Balaban J connectivity index is 2.64. The van der Waals surface area contributed by atoms with Gasteiger partial charge < -0.3 is 5.32 Å². The average molecular weight is 183 g/mol. The van der Waals surface area contributed by atoms with Crippen LogP contribution in [0, 0.1) is 0 Å². The van der Waals surface area contributed by atoms with Crippen LogP contribution >= 0.6 is 11.6 Å². The standard InChI is InChI=1S/C9H11ClN2/c1-9(2)5-12-6-3-4-11-8(10)7(6)9/h3-4,12H,5H2,1-2H3. The summed E-state index contributed by atoms with van der Waals surface area (Å²) >= 11 is 6.00. The molecule has 0 fully saturated rings. The molecule has 0 spiro atoms. The predicted octanol–water partition coefficient (Wildman–Crippen LogP) is 2.44. The van der Waals surface area contributed by atoms with E-state index in [-0.39, 0.29) is 5.41 Å². The van der Waals surface area contributed by atoms with Gasteiger partial charge in [-0.25, -0.2) is 4.98 Å². The minimum atomic E-state index is 0.112. The second-order valence-corrected chi connectivity index (χ2v) is 4.12. The molecule has 1 aromatic heterocycles. The third-order valence-corrected chi connectivity index (χ3v) is 2.59. The van der Waals surface area contributed by atoms with E-state index in [0.29, 0.717) is 5.15 Å². The molecule has 0 aromatic carbocycles. The van der Waals surface area contributed by atoms with E-state index in [0.717, 1.165) is 17.8 Å². The first-order valence-electron chi connectivity index (χ1n) is 4.00. The maximum absolute atomic E-state index is 6.00. The third kappa shape index (κ3) is 0.985. The van der Waals surface area contributed by atoms with Gasteiger partial charge in [-0.05, 0) is 6.07 Å². The summed E-state index contributed by atoms with van der Waals surface area (Å²) in [5.41, 5.74) is 2.38. The molecule has 2 heterocycles. The summed E-state index contributed by atoms with van der Waals surface area (Å²) in [6.07, 6.45) is 1.73. The van der Waals surface area contributed by atoms with Gasteiger partial charge in [0.15, 0.2) is 0 Å². The summed E-state index contributed by atoms with van der Waals surface area (Å²) in [4.78, 5) is 4.07. The summed E-state index contributed by atoms with van der Waals surface area (Å²) in [6, 6.07) is 1.97. The number of hydrogen-bond acceptors (Lipinski definition) is 2. The summed E-state index contributed by atoms with van der Waals surface area (Å²) in [6.45, 7) is 5.27. The highest BCUT2D eigenvalue weighted by atomic mass is 35.5. The monoisotopic (exact) mass is 182 g/mol. The maximum Gasteiger partial charge on any atom is 0.134 e. The predicted molar refractivity (Wildman–Crippen MR) is 50.8 cm³/mol. The summed E-state index contributed by atoms with van der Waals surface area (Å²) < 4.78 is 0. The molecule has 0 amide bonds. The van der Waals surface area contributed by atoms with Crippen molar-refractivity contribution in [2.45, 2.75) is 19.3 Å². The van der Waals surface area contributed by atoms with Crippen LogP contribution in [-0.2, 0) is 5.41 Å². The first kappa shape index (κ1) is 7.87. The van der Waals surface area contributed by atoms with Crippen LogP contribution in [0.4, 0.5) is 5.69 Å². The largest absolute Gasteiger partial charge is 0.384 e. The van der Waals surface area contributed by atoms with Gasteiger partial charge >= 0.3 is 0 Å². The fourth-order valence-corrected chi connectivity index (χ4v) is 2.05. The van der Waals surface area contributed by atoms with Crippen molar-refractivity contribution in [1.29, 1.82) is 0 Å². The normalized spacial score (nSPS) is 18.6. The molecule has 1 N–H and O–H groups in total. The molecule has 0 saturated heterocycles. The molecule has 0 atom stereocenters. The van der Waals surface area contributed by atoms with Crippen molar-refractivity contribution in [3.05, 3.63) is 23.0 Å². The number of aromatic nitrogens is 1. The van der Waals surface area contributed by atoms with Crippen molar-refractivity contribution in [2.24, 2.45) is 0 Å². The molecule has 0 unspecified atom stereocenters. The lowest BCUT2D eigenvalue weighted by Gasteiger charge is -2.17. The zero-order valence-electron chi connectivity index (χ0n) is 7.19. The Hall–Kier alpha value is -0.760. The molecular formula is C9H11ClN2. The Morgan fingerprint density at radius 1 is 1.58 bits per heavy atom. The molecule has 12 heavy (non-hydrogen) atoms. The highest BCUT2D eigenvalue weighted by Gasteiger charge is 2.32. The van der Waals surface area contributed by atoms with Crippen LogP contribution in [0.1, 0.15) is 19.4 Å². The Morgan fingerprint density at radius 2 is 2.33 bits per heavy atom. The van der Waals surface area contributed by atoms with Crippen LogP contribution in [0.15, 0.2) is 12.3 Å². The van der Waals surface area contributed by atoms with Gasteiger partial charge in [0.05, 0.1) is 0 Å². The zero-order chi connectivity index (χ0) is 8.77. The number of halogens is 1. The van der Waals surface area contributed by atoms with Crippen molar-refractivity contribution < 1.29 is 0 Å². The molecule has 0 saturated carbocycles. The lowest BCUT2D eigenvalue weighted by atomic mass is 9.88. The second kappa shape index (κ2) is 2.36. The first-order valence-corrected chi connectivity index (χ1v) is 4.38. The van der Waals surface area contributed by atoms with E-state index in [9.17, 15) is 0 Å². The molecule has 2 rings (SSSR count). The Labute approximate surface area is 77.0 Å². The number of fused-ring (bicyclic) bond motifs is 1. The van der Waals surface area contributed by atoms with Gasteiger partial charge in [-0.2, -0.15) is 0 Å². The van der Waals surface area contributed by atoms with E-state index in [2.05, 4.69) is 24.1 Å². The number of rotatable bonds is 0. The summed E-state index contributed by atoms with van der Waals surface area (Å²) in [5.74, 6) is 0. The van der Waals surface area contributed by atoms with Crippen LogP contribution < -0.4 is 5.32 Å². The van der Waals surface area contributed by atoms with Gasteiger partial charge in [-0.3, -0.25) is 0 Å². The zero-order valence-corrected chi connectivity index (χ0v) is 7.94. The fraction of sp³-hybridized carbons (Fsp3) is 0.444. The number of anilines is 1. The second-order valence-electron chi connectivity index (χ2n) is 3.76. The molecular weight excluding hydrogens is 172 g/mol. The summed E-state index contributed by atoms with van der Waals surface area (Å²) in [5, 5.41) is 3.93. The molecule has 64 valence electrons. The van der Waals surface area contributed by atoms with E-state index in [1.165, 1.54) is 0 Å². The van der Waals surface area contributed by atoms with Crippen molar-refractivity contribution in [2.75, 3.05) is 11.9 Å². The van der Waals surface area contributed by atoms with Gasteiger partial charge in [-0.1, -0.05) is 25.4 Å². The summed E-state index contributed by atoms with van der Waals surface area (Å²) in [7, 11) is 0. The van der Waals surface area contributed by atoms with Crippen molar-refractivity contribution in [3.63, 3.8) is 0 Å². The minimum Gasteiger partial charge on any atom is -0.384 e. The van der Waals surface area contributed by atoms with Crippen molar-refractivity contribution in [1.82, 2.24) is 4.98 Å². The average Bonchev–Trinajstić information content (AvgIpc) is 2.29. The van der Waals surface area contributed by atoms with Crippen LogP contribution in [-0.4, -0.2) is 11.5 Å². The number of pyridine rings is 1. The van der Waals surface area contributed by atoms with Crippen LogP contribution in [0.5, 0.6) is 0 Å². The Morgan fingerprint density at radius 3 is 3.00 bits per heavy atom. The lowest BCUT2D eigenvalue weighted by Crippen LogP contribution is -2.19. The van der Waals surface area contributed by atoms with Crippen molar-refractivity contribution >= 4 is 17.3 Å². The van der Waals surface area contributed by atoms with Gasteiger partial charge in [0, 0.05) is 29.4 Å². The Bertz CT molecular complexity index is 320. The quantitative estimate of drug-likeness (QED) is 0.624. The van der Waals surface area contributed by atoms with Crippen LogP contribution in [0.2, 0.25) is 5.15 Å². The third-order valence-electron chi connectivity index (χ3n) is 2.30.